The third-order valence-corrected chi connectivity index (χ3v) is 5.39. The number of benzene rings is 1. The van der Waals surface area contributed by atoms with E-state index in [1.54, 1.807) is 12.1 Å². The van der Waals surface area contributed by atoms with E-state index >= 15 is 0 Å². The highest BCUT2D eigenvalue weighted by Gasteiger charge is 2.36. The number of halogens is 3. The lowest BCUT2D eigenvalue weighted by Crippen LogP contribution is -2.38. The molecule has 0 atom stereocenters. The number of hydrogen-bond donors (Lipinski definition) is 4. The molecule has 0 saturated carbocycles. The van der Waals surface area contributed by atoms with Crippen LogP contribution < -0.4 is 16.2 Å². The Morgan fingerprint density at radius 3 is 2.70 bits per heavy atom. The topological polar surface area (TPSA) is 116 Å². The van der Waals surface area contributed by atoms with Gasteiger partial charge in [-0.3, -0.25) is 19.1 Å². The number of rotatable bonds is 6. The molecule has 4 N–H and O–H groups in total. The molecular formula is C22H21F3N4O4. The molecule has 2 aromatic heterocycles. The summed E-state index contributed by atoms with van der Waals surface area (Å²) in [5.41, 5.74) is -0.661. The molecule has 0 aliphatic carbocycles. The summed E-state index contributed by atoms with van der Waals surface area (Å²) in [5.74, 6) is -5.41. The summed E-state index contributed by atoms with van der Waals surface area (Å²) in [5, 5.41) is 24.6. The average molecular weight is 462 g/mol. The van der Waals surface area contributed by atoms with Crippen LogP contribution in [0.15, 0.2) is 35.3 Å². The number of aliphatic hydroxyl groups excluding tert-OH is 1. The van der Waals surface area contributed by atoms with E-state index < -0.39 is 47.6 Å². The van der Waals surface area contributed by atoms with Crippen LogP contribution >= 0.6 is 0 Å². The summed E-state index contributed by atoms with van der Waals surface area (Å²) in [6, 6.07) is 5.63. The molecule has 1 amide bonds. The molecule has 0 bridgehead atoms. The van der Waals surface area contributed by atoms with E-state index in [2.05, 4.69) is 15.6 Å². The fourth-order valence-electron chi connectivity index (χ4n) is 3.81. The van der Waals surface area contributed by atoms with Gasteiger partial charge in [-0.15, -0.1) is 0 Å². The lowest BCUT2D eigenvalue weighted by molar-refractivity contribution is -0.000938. The fraction of sp³-hybridized carbons (Fsp3) is 0.318. The van der Waals surface area contributed by atoms with Gasteiger partial charge in [-0.25, -0.2) is 13.2 Å². The van der Waals surface area contributed by atoms with Crippen molar-refractivity contribution < 1.29 is 28.2 Å². The number of amides is 1. The number of pyridine rings is 2. The Balaban J connectivity index is 1.90. The van der Waals surface area contributed by atoms with Crippen molar-refractivity contribution >= 4 is 22.6 Å². The molecule has 0 spiro atoms. The van der Waals surface area contributed by atoms with E-state index in [-0.39, 0.29) is 42.7 Å². The summed E-state index contributed by atoms with van der Waals surface area (Å²) in [6.07, 6.45) is 1.78. The SMILES string of the molecule is O=C(NCCCO)c1c(O)c2ncc(Cc3ccc(F)cc3)c3c2n(c1=O)CC(F)(F)CN3. The summed E-state index contributed by atoms with van der Waals surface area (Å²) >= 11 is 0. The number of aromatic hydroxyl groups is 1. The molecule has 4 rings (SSSR count). The number of carbonyl (C=O) groups excluding carboxylic acids is 1. The highest BCUT2D eigenvalue weighted by molar-refractivity contribution is 6.04. The number of anilines is 1. The Morgan fingerprint density at radius 2 is 2.00 bits per heavy atom. The molecule has 3 aromatic rings. The van der Waals surface area contributed by atoms with Gasteiger partial charge >= 0.3 is 0 Å². The molecule has 174 valence electrons. The highest BCUT2D eigenvalue weighted by Crippen LogP contribution is 2.36. The van der Waals surface area contributed by atoms with Crippen LogP contribution in [-0.4, -0.2) is 51.3 Å². The van der Waals surface area contributed by atoms with Crippen LogP contribution in [0.3, 0.4) is 0 Å². The van der Waals surface area contributed by atoms with Crippen molar-refractivity contribution in [1.82, 2.24) is 14.9 Å². The quantitative estimate of drug-likeness (QED) is 0.417. The maximum atomic E-state index is 14.5. The van der Waals surface area contributed by atoms with Gasteiger partial charge in [0.1, 0.15) is 16.9 Å². The lowest BCUT2D eigenvalue weighted by atomic mass is 10.0. The molecule has 33 heavy (non-hydrogen) atoms. The van der Waals surface area contributed by atoms with Crippen molar-refractivity contribution in [2.24, 2.45) is 0 Å². The Bertz CT molecular complexity index is 1280. The highest BCUT2D eigenvalue weighted by atomic mass is 19.3. The summed E-state index contributed by atoms with van der Waals surface area (Å²) in [7, 11) is 0. The number of carbonyl (C=O) groups is 1. The first-order valence-electron chi connectivity index (χ1n) is 10.2. The van der Waals surface area contributed by atoms with Gasteiger partial charge in [0, 0.05) is 31.3 Å². The number of nitrogens with one attached hydrogen (secondary N) is 2. The number of nitrogens with zero attached hydrogens (tertiary/aromatic N) is 2. The number of alkyl halides is 2. The maximum absolute atomic E-state index is 14.5. The van der Waals surface area contributed by atoms with Crippen LogP contribution in [0, 0.1) is 5.82 Å². The minimum absolute atomic E-state index is 0.0270. The lowest BCUT2D eigenvalue weighted by Gasteiger charge is -2.17. The first kappa shape index (κ1) is 22.6. The molecule has 0 fully saturated rings. The van der Waals surface area contributed by atoms with Crippen LogP contribution in [0.2, 0.25) is 0 Å². The van der Waals surface area contributed by atoms with Gasteiger partial charge in [0.15, 0.2) is 5.75 Å². The first-order valence-corrected chi connectivity index (χ1v) is 10.2. The zero-order valence-corrected chi connectivity index (χ0v) is 17.4. The largest absolute Gasteiger partial charge is 0.505 e. The van der Waals surface area contributed by atoms with Crippen LogP contribution in [-0.2, 0) is 13.0 Å². The molecule has 11 heteroatoms. The predicted molar refractivity (Wildman–Crippen MR) is 114 cm³/mol. The average Bonchev–Trinajstić information content (AvgIpc) is 2.91. The Morgan fingerprint density at radius 1 is 1.27 bits per heavy atom. The monoisotopic (exact) mass is 462 g/mol. The number of aromatic nitrogens is 2. The molecule has 8 nitrogen and oxygen atoms in total. The van der Waals surface area contributed by atoms with E-state index in [4.69, 9.17) is 5.11 Å². The van der Waals surface area contributed by atoms with Crippen molar-refractivity contribution in [2.75, 3.05) is 25.0 Å². The van der Waals surface area contributed by atoms with E-state index in [1.165, 1.54) is 18.3 Å². The summed E-state index contributed by atoms with van der Waals surface area (Å²) < 4.78 is 43.1. The minimum Gasteiger partial charge on any atom is -0.505 e. The molecular weight excluding hydrogens is 441 g/mol. The van der Waals surface area contributed by atoms with Gasteiger partial charge in [0.2, 0.25) is 0 Å². The van der Waals surface area contributed by atoms with Crippen molar-refractivity contribution in [3.05, 3.63) is 63.3 Å². The smallest absolute Gasteiger partial charge is 0.282 e. The first-order chi connectivity index (χ1) is 15.7. The Kier molecular flexibility index (Phi) is 5.98. The van der Waals surface area contributed by atoms with Crippen molar-refractivity contribution in [1.29, 1.82) is 0 Å². The van der Waals surface area contributed by atoms with Crippen molar-refractivity contribution in [3.63, 3.8) is 0 Å². The zero-order chi connectivity index (χ0) is 23.8. The van der Waals surface area contributed by atoms with Crippen LogP contribution in [0.1, 0.15) is 27.9 Å². The molecule has 1 aromatic carbocycles. The van der Waals surface area contributed by atoms with Gasteiger partial charge in [-0.1, -0.05) is 12.1 Å². The van der Waals surface area contributed by atoms with Gasteiger partial charge in [0.25, 0.3) is 17.4 Å². The summed E-state index contributed by atoms with van der Waals surface area (Å²) in [4.78, 5) is 29.8. The second kappa shape index (κ2) is 8.74. The molecule has 1 aliphatic rings. The van der Waals surface area contributed by atoms with Crippen LogP contribution in [0.4, 0.5) is 18.9 Å². The van der Waals surface area contributed by atoms with Gasteiger partial charge in [-0.05, 0) is 24.1 Å². The fourth-order valence-corrected chi connectivity index (χ4v) is 3.81. The van der Waals surface area contributed by atoms with E-state index in [0.717, 1.165) is 4.57 Å². The molecule has 1 aliphatic heterocycles. The van der Waals surface area contributed by atoms with Crippen LogP contribution in [0.5, 0.6) is 5.75 Å². The minimum atomic E-state index is -3.33. The summed E-state index contributed by atoms with van der Waals surface area (Å²) in [6.45, 7) is -1.96. The van der Waals surface area contributed by atoms with Crippen molar-refractivity contribution in [2.45, 2.75) is 25.3 Å². The number of hydrogen-bond acceptors (Lipinski definition) is 6. The molecule has 0 unspecified atom stereocenters. The molecule has 3 heterocycles. The second-order valence-corrected chi connectivity index (χ2v) is 7.82. The normalized spacial score (nSPS) is 14.5. The zero-order valence-electron chi connectivity index (χ0n) is 17.4. The predicted octanol–water partition coefficient (Wildman–Crippen LogP) is 2.00. The van der Waals surface area contributed by atoms with Gasteiger partial charge in [-0.2, -0.15) is 0 Å². The Labute approximate surface area is 185 Å². The molecule has 0 radical (unpaired) electrons. The second-order valence-electron chi connectivity index (χ2n) is 7.82. The van der Waals surface area contributed by atoms with Gasteiger partial charge < -0.3 is 20.8 Å². The van der Waals surface area contributed by atoms with E-state index in [1.807, 2.05) is 0 Å². The third-order valence-electron chi connectivity index (χ3n) is 5.39. The molecule has 0 saturated heterocycles. The Hall–Kier alpha value is -3.60. The van der Waals surface area contributed by atoms with Crippen molar-refractivity contribution in [3.8, 4) is 5.75 Å². The van der Waals surface area contributed by atoms with E-state index in [9.17, 15) is 27.9 Å². The van der Waals surface area contributed by atoms with E-state index in [0.29, 0.717) is 11.1 Å². The maximum Gasteiger partial charge on any atom is 0.282 e. The van der Waals surface area contributed by atoms with Gasteiger partial charge in [0.05, 0.1) is 24.3 Å². The number of aliphatic hydroxyl groups is 1. The third kappa shape index (κ3) is 4.36. The van der Waals surface area contributed by atoms with Crippen LogP contribution in [0.25, 0.3) is 11.0 Å². The standard InChI is InChI=1S/C22H21F3N4O4/c23-14-4-2-12(3-5-14)8-13-9-27-17-18-16(13)28-10-22(24,25)11-29(18)21(33)15(19(17)31)20(32)26-6-1-7-30/h2-5,9,28,30-31H,1,6-8,10-11H2,(H,26,32).